The normalized spacial score (nSPS) is 11.2. The van der Waals surface area contributed by atoms with Gasteiger partial charge in [-0.05, 0) is 35.9 Å². The van der Waals surface area contributed by atoms with E-state index >= 15 is 0 Å². The Morgan fingerprint density at radius 3 is 2.27 bits per heavy atom. The Kier molecular flexibility index (Phi) is 6.99. The molecule has 0 saturated carbocycles. The van der Waals surface area contributed by atoms with E-state index in [-0.39, 0.29) is 38.5 Å². The average molecular weight is 465 g/mol. The lowest BCUT2D eigenvalue weighted by atomic mass is 10.2. The zero-order valence-corrected chi connectivity index (χ0v) is 18.2. The van der Waals surface area contributed by atoms with E-state index in [1.54, 1.807) is 30.3 Å². The van der Waals surface area contributed by atoms with Crippen LogP contribution in [0.15, 0.2) is 71.6 Å². The van der Waals surface area contributed by atoms with Crippen LogP contribution in [0.5, 0.6) is 5.75 Å². The van der Waals surface area contributed by atoms with Gasteiger partial charge in [0.2, 0.25) is 10.0 Å². The fourth-order valence-electron chi connectivity index (χ4n) is 2.68. The summed E-state index contributed by atoms with van der Waals surface area (Å²) in [5, 5.41) is 3.14. The third kappa shape index (κ3) is 5.12. The maximum absolute atomic E-state index is 12.9. The van der Waals surface area contributed by atoms with Crippen LogP contribution in [0.4, 0.5) is 5.69 Å². The molecule has 9 heteroatoms. The Bertz CT molecular complexity index is 1150. The summed E-state index contributed by atoms with van der Waals surface area (Å²) in [5.41, 5.74) is 1.14. The molecule has 0 heterocycles. The maximum atomic E-state index is 12.9. The van der Waals surface area contributed by atoms with Crippen LogP contribution in [-0.2, 0) is 16.6 Å². The van der Waals surface area contributed by atoms with Crippen LogP contribution < -0.4 is 14.8 Å². The van der Waals surface area contributed by atoms with Gasteiger partial charge in [-0.3, -0.25) is 4.79 Å². The maximum Gasteiger partial charge on any atom is 0.255 e. The van der Waals surface area contributed by atoms with E-state index in [2.05, 4.69) is 10.0 Å². The number of benzene rings is 3. The van der Waals surface area contributed by atoms with Gasteiger partial charge in [-0.1, -0.05) is 59.6 Å². The molecule has 30 heavy (non-hydrogen) atoms. The number of amides is 1. The molecule has 0 unspecified atom stereocenters. The van der Waals surface area contributed by atoms with E-state index in [1.165, 1.54) is 25.3 Å². The minimum atomic E-state index is -3.95. The number of para-hydroxylation sites is 1. The van der Waals surface area contributed by atoms with Gasteiger partial charge in [-0.25, -0.2) is 13.1 Å². The first kappa shape index (κ1) is 22.1. The molecule has 0 saturated heterocycles. The standard InChI is InChI=1S/C21H18Cl2N2O4S/c1-29-18-11-10-15(21(26)25-20-16(22)8-5-9-17(20)23)12-19(18)30(27,28)24-13-14-6-3-2-4-7-14/h2-12,24H,13H2,1H3,(H,25,26). The molecule has 6 nitrogen and oxygen atoms in total. The topological polar surface area (TPSA) is 84.5 Å². The SMILES string of the molecule is COc1ccc(C(=O)Nc2c(Cl)cccc2Cl)cc1S(=O)(=O)NCc1ccccc1. The Morgan fingerprint density at radius 2 is 1.63 bits per heavy atom. The molecule has 0 spiro atoms. The largest absolute Gasteiger partial charge is 0.495 e. The molecular formula is C21H18Cl2N2O4S. The van der Waals surface area contributed by atoms with Crippen molar-refractivity contribution < 1.29 is 17.9 Å². The van der Waals surface area contributed by atoms with Crippen LogP contribution in [0.2, 0.25) is 10.0 Å². The van der Waals surface area contributed by atoms with E-state index in [1.807, 2.05) is 18.2 Å². The second-order valence-corrected chi connectivity index (χ2v) is 8.78. The van der Waals surface area contributed by atoms with Gasteiger partial charge in [0.15, 0.2) is 0 Å². The molecule has 0 aromatic heterocycles. The predicted molar refractivity (Wildman–Crippen MR) is 118 cm³/mol. The molecule has 2 N–H and O–H groups in total. The van der Waals surface area contributed by atoms with E-state index < -0.39 is 15.9 Å². The number of rotatable bonds is 7. The lowest BCUT2D eigenvalue weighted by Crippen LogP contribution is -2.24. The van der Waals surface area contributed by atoms with Crippen molar-refractivity contribution in [1.82, 2.24) is 4.72 Å². The van der Waals surface area contributed by atoms with Gasteiger partial charge in [0.25, 0.3) is 5.91 Å². The van der Waals surface area contributed by atoms with Crippen molar-refractivity contribution in [1.29, 1.82) is 0 Å². The molecule has 0 aliphatic carbocycles. The summed E-state index contributed by atoms with van der Waals surface area (Å²) >= 11 is 12.2. The summed E-state index contributed by atoms with van der Waals surface area (Å²) in [6.45, 7) is 0.0952. The van der Waals surface area contributed by atoms with Gasteiger partial charge in [0.05, 0.1) is 22.8 Å². The lowest BCUT2D eigenvalue weighted by molar-refractivity contribution is 0.102. The minimum absolute atomic E-state index is 0.0952. The number of hydrogen-bond acceptors (Lipinski definition) is 4. The molecule has 1 amide bonds. The molecule has 0 aliphatic heterocycles. The molecule has 0 bridgehead atoms. The molecule has 0 fully saturated rings. The van der Waals surface area contributed by atoms with Gasteiger partial charge in [-0.15, -0.1) is 0 Å². The second kappa shape index (κ2) is 9.49. The zero-order valence-electron chi connectivity index (χ0n) is 15.9. The summed E-state index contributed by atoms with van der Waals surface area (Å²) in [5.74, 6) is -0.449. The highest BCUT2D eigenvalue weighted by molar-refractivity contribution is 7.89. The van der Waals surface area contributed by atoms with Gasteiger partial charge in [-0.2, -0.15) is 0 Å². The van der Waals surface area contributed by atoms with E-state index in [4.69, 9.17) is 27.9 Å². The molecule has 3 aromatic carbocycles. The minimum Gasteiger partial charge on any atom is -0.495 e. The van der Waals surface area contributed by atoms with Gasteiger partial charge in [0.1, 0.15) is 10.6 Å². The highest BCUT2D eigenvalue weighted by atomic mass is 35.5. The highest BCUT2D eigenvalue weighted by Crippen LogP contribution is 2.31. The quantitative estimate of drug-likeness (QED) is 0.528. The molecule has 0 radical (unpaired) electrons. The molecule has 156 valence electrons. The summed E-state index contributed by atoms with van der Waals surface area (Å²) < 4.78 is 33.4. The molecule has 3 aromatic rings. The first-order chi connectivity index (χ1) is 14.3. The third-order valence-corrected chi connectivity index (χ3v) is 6.28. The lowest BCUT2D eigenvalue weighted by Gasteiger charge is -2.13. The van der Waals surface area contributed by atoms with Crippen molar-refractivity contribution >= 4 is 44.8 Å². The van der Waals surface area contributed by atoms with Crippen molar-refractivity contribution in [3.63, 3.8) is 0 Å². The fourth-order valence-corrected chi connectivity index (χ4v) is 4.39. The Balaban J connectivity index is 1.88. The summed E-state index contributed by atoms with van der Waals surface area (Å²) in [7, 11) is -2.60. The van der Waals surface area contributed by atoms with Crippen molar-refractivity contribution in [2.45, 2.75) is 11.4 Å². The Hall–Kier alpha value is -2.58. The summed E-state index contributed by atoms with van der Waals surface area (Å²) in [4.78, 5) is 12.5. The first-order valence-electron chi connectivity index (χ1n) is 8.79. The summed E-state index contributed by atoms with van der Waals surface area (Å²) in [6, 6.07) is 18.0. The second-order valence-electron chi connectivity index (χ2n) is 6.23. The number of carbonyl (C=O) groups is 1. The number of nitrogens with one attached hydrogen (secondary N) is 2. The van der Waals surface area contributed by atoms with E-state index in [9.17, 15) is 13.2 Å². The van der Waals surface area contributed by atoms with Crippen molar-refractivity contribution in [2.24, 2.45) is 0 Å². The number of hydrogen-bond donors (Lipinski definition) is 2. The molecule has 0 aliphatic rings. The van der Waals surface area contributed by atoms with Gasteiger partial charge < -0.3 is 10.1 Å². The number of anilines is 1. The average Bonchev–Trinajstić information content (AvgIpc) is 2.75. The van der Waals surface area contributed by atoms with Crippen molar-refractivity contribution in [3.05, 3.63) is 87.9 Å². The van der Waals surface area contributed by atoms with E-state index in [0.29, 0.717) is 0 Å². The van der Waals surface area contributed by atoms with Crippen LogP contribution >= 0.6 is 23.2 Å². The van der Waals surface area contributed by atoms with Crippen LogP contribution in [0.3, 0.4) is 0 Å². The van der Waals surface area contributed by atoms with Gasteiger partial charge >= 0.3 is 0 Å². The molecule has 0 atom stereocenters. The van der Waals surface area contributed by atoms with Crippen LogP contribution in [0.1, 0.15) is 15.9 Å². The molecular weight excluding hydrogens is 447 g/mol. The zero-order chi connectivity index (χ0) is 21.7. The summed E-state index contributed by atoms with van der Waals surface area (Å²) in [6.07, 6.45) is 0. The van der Waals surface area contributed by atoms with Crippen molar-refractivity contribution in [3.8, 4) is 5.75 Å². The smallest absolute Gasteiger partial charge is 0.255 e. The Morgan fingerprint density at radius 1 is 0.967 bits per heavy atom. The number of sulfonamides is 1. The van der Waals surface area contributed by atoms with Crippen LogP contribution in [0, 0.1) is 0 Å². The predicted octanol–water partition coefficient (Wildman–Crippen LogP) is 4.73. The van der Waals surface area contributed by atoms with Gasteiger partial charge in [0, 0.05) is 12.1 Å². The number of ether oxygens (including phenoxy) is 1. The first-order valence-corrected chi connectivity index (χ1v) is 11.0. The molecule has 3 rings (SSSR count). The number of halogens is 2. The highest BCUT2D eigenvalue weighted by Gasteiger charge is 2.22. The van der Waals surface area contributed by atoms with Crippen molar-refractivity contribution in [2.75, 3.05) is 12.4 Å². The van der Waals surface area contributed by atoms with Crippen LogP contribution in [-0.4, -0.2) is 21.4 Å². The third-order valence-electron chi connectivity index (χ3n) is 4.23. The fraction of sp³-hybridized carbons (Fsp3) is 0.0952. The Labute approximate surface area is 184 Å². The number of carbonyl (C=O) groups excluding carboxylic acids is 1. The van der Waals surface area contributed by atoms with E-state index in [0.717, 1.165) is 5.56 Å². The monoisotopic (exact) mass is 464 g/mol. The van der Waals surface area contributed by atoms with Crippen LogP contribution in [0.25, 0.3) is 0 Å². The number of methoxy groups -OCH3 is 1.